The van der Waals surface area contributed by atoms with E-state index in [4.69, 9.17) is 9.47 Å². The molecule has 0 bridgehead atoms. The number of carbonyl (C=O) groups is 3. The molecule has 1 aliphatic rings. The highest BCUT2D eigenvalue weighted by Crippen LogP contribution is 2.19. The third kappa shape index (κ3) is 3.79. The zero-order chi connectivity index (χ0) is 15.2. The van der Waals surface area contributed by atoms with Gasteiger partial charge in [-0.05, 0) is 19.1 Å². The van der Waals surface area contributed by atoms with E-state index in [0.717, 1.165) is 6.08 Å². The predicted octanol–water partition coefficient (Wildman–Crippen LogP) is 1.73. The van der Waals surface area contributed by atoms with E-state index in [-0.39, 0.29) is 18.1 Å². The van der Waals surface area contributed by atoms with Crippen molar-refractivity contribution in [3.8, 4) is 0 Å². The molecule has 0 saturated carbocycles. The Bertz CT molecular complexity index is 627. The second-order valence-electron chi connectivity index (χ2n) is 3.95. The minimum atomic E-state index is -0.838. The van der Waals surface area contributed by atoms with Crippen molar-refractivity contribution in [2.24, 2.45) is 0 Å². The predicted molar refractivity (Wildman–Crippen MR) is 70.7 cm³/mol. The molecule has 1 aromatic rings. The van der Waals surface area contributed by atoms with Crippen LogP contribution in [0.25, 0.3) is 0 Å². The number of allylic oxidation sites excluding steroid dienone is 1. The van der Waals surface area contributed by atoms with E-state index in [9.17, 15) is 14.4 Å². The van der Waals surface area contributed by atoms with Gasteiger partial charge in [0.15, 0.2) is 0 Å². The third-order valence-corrected chi connectivity index (χ3v) is 2.44. The van der Waals surface area contributed by atoms with Gasteiger partial charge in [0.25, 0.3) is 0 Å². The first-order chi connectivity index (χ1) is 10.1. The monoisotopic (exact) mass is 288 g/mol. The van der Waals surface area contributed by atoms with Gasteiger partial charge in [-0.25, -0.2) is 14.4 Å². The molecule has 21 heavy (non-hydrogen) atoms. The van der Waals surface area contributed by atoms with E-state index in [1.54, 1.807) is 37.3 Å². The van der Waals surface area contributed by atoms with Gasteiger partial charge in [-0.3, -0.25) is 0 Å². The summed E-state index contributed by atoms with van der Waals surface area (Å²) in [5, 5.41) is 0. The molecule has 2 rings (SSSR count). The van der Waals surface area contributed by atoms with E-state index < -0.39 is 17.9 Å². The Balaban J connectivity index is 2.08. The maximum Gasteiger partial charge on any atom is 0.379 e. The van der Waals surface area contributed by atoms with Crippen molar-refractivity contribution in [2.45, 2.75) is 6.92 Å². The molecule has 1 aliphatic heterocycles. The lowest BCUT2D eigenvalue weighted by molar-refractivity contribution is -0.137. The molecule has 108 valence electrons. The van der Waals surface area contributed by atoms with Crippen molar-refractivity contribution >= 4 is 17.9 Å². The Hall–Kier alpha value is -2.89. The fourth-order valence-corrected chi connectivity index (χ4v) is 1.55. The summed E-state index contributed by atoms with van der Waals surface area (Å²) in [4.78, 5) is 34.6. The van der Waals surface area contributed by atoms with Crippen LogP contribution in [0.15, 0.2) is 54.0 Å². The largest absolute Gasteiger partial charge is 0.463 e. The van der Waals surface area contributed by atoms with E-state index in [0.29, 0.717) is 5.56 Å². The summed E-state index contributed by atoms with van der Waals surface area (Å²) in [7, 11) is 0. The smallest absolute Gasteiger partial charge is 0.379 e. The van der Waals surface area contributed by atoms with Gasteiger partial charge in [-0.15, -0.1) is 0 Å². The minimum absolute atomic E-state index is 0.0330. The Labute approximate surface area is 120 Å². The Morgan fingerprint density at radius 1 is 1.24 bits per heavy atom. The molecule has 1 heterocycles. The number of benzene rings is 1. The van der Waals surface area contributed by atoms with Crippen LogP contribution in [0.4, 0.5) is 0 Å². The maximum atomic E-state index is 11.8. The molecule has 0 amide bonds. The summed E-state index contributed by atoms with van der Waals surface area (Å²) in [6.07, 6.45) is 2.17. The van der Waals surface area contributed by atoms with Crippen LogP contribution in [0.2, 0.25) is 0 Å². The highest BCUT2D eigenvalue weighted by Gasteiger charge is 2.26. The van der Waals surface area contributed by atoms with Gasteiger partial charge < -0.3 is 14.2 Å². The van der Waals surface area contributed by atoms with Crippen LogP contribution in [0.3, 0.4) is 0 Å². The molecule has 0 radical (unpaired) electrons. The molecule has 0 atom stereocenters. The number of cyclic esters (lactones) is 1. The number of esters is 3. The highest BCUT2D eigenvalue weighted by atomic mass is 16.6. The Morgan fingerprint density at radius 2 is 1.95 bits per heavy atom. The van der Waals surface area contributed by atoms with Crippen molar-refractivity contribution in [2.75, 3.05) is 6.61 Å². The van der Waals surface area contributed by atoms with Crippen LogP contribution < -0.4 is 0 Å². The Morgan fingerprint density at radius 3 is 2.62 bits per heavy atom. The lowest BCUT2D eigenvalue weighted by atomic mass is 10.2. The summed E-state index contributed by atoms with van der Waals surface area (Å²) < 4.78 is 14.4. The summed E-state index contributed by atoms with van der Waals surface area (Å²) in [6, 6.07) is 8.20. The normalized spacial score (nSPS) is 15.4. The number of rotatable bonds is 4. The standard InChI is InChI=1S/C15H12O6/c1-2-19-13(16)9-11-8-12(15(18)20-11)21-14(17)10-6-4-3-5-7-10/h3-9H,2H2,1H3/b11-9+. The molecule has 0 spiro atoms. The molecule has 1 aromatic carbocycles. The summed E-state index contributed by atoms with van der Waals surface area (Å²) >= 11 is 0. The molecular weight excluding hydrogens is 276 g/mol. The van der Waals surface area contributed by atoms with E-state index >= 15 is 0 Å². The lowest BCUT2D eigenvalue weighted by Crippen LogP contribution is -2.09. The molecule has 0 aromatic heterocycles. The van der Waals surface area contributed by atoms with Crippen LogP contribution in [0, 0.1) is 0 Å². The fraction of sp³-hybridized carbons (Fsp3) is 0.133. The molecule has 0 fully saturated rings. The first-order valence-corrected chi connectivity index (χ1v) is 6.19. The van der Waals surface area contributed by atoms with Crippen LogP contribution >= 0.6 is 0 Å². The second kappa shape index (κ2) is 6.51. The van der Waals surface area contributed by atoms with E-state index in [1.807, 2.05) is 0 Å². The number of hydrogen-bond donors (Lipinski definition) is 0. The lowest BCUT2D eigenvalue weighted by Gasteiger charge is -2.01. The average molecular weight is 288 g/mol. The Kier molecular flexibility index (Phi) is 4.50. The third-order valence-electron chi connectivity index (χ3n) is 2.44. The molecule has 0 N–H and O–H groups in total. The topological polar surface area (TPSA) is 78.9 Å². The van der Waals surface area contributed by atoms with Crippen LogP contribution in [0.1, 0.15) is 17.3 Å². The van der Waals surface area contributed by atoms with Crippen LogP contribution in [-0.4, -0.2) is 24.5 Å². The van der Waals surface area contributed by atoms with Gasteiger partial charge >= 0.3 is 17.9 Å². The SMILES string of the molecule is CCOC(=O)/C=C1\C=C(OC(=O)c2ccccc2)C(=O)O1. The van der Waals surface area contributed by atoms with Gasteiger partial charge in [0.05, 0.1) is 18.2 Å². The molecule has 6 heteroatoms. The average Bonchev–Trinajstić information content (AvgIpc) is 2.79. The number of ether oxygens (including phenoxy) is 3. The van der Waals surface area contributed by atoms with Gasteiger partial charge in [0.1, 0.15) is 5.76 Å². The summed E-state index contributed by atoms with van der Waals surface area (Å²) in [6.45, 7) is 1.86. The van der Waals surface area contributed by atoms with Gasteiger partial charge in [0, 0.05) is 6.08 Å². The molecular formula is C15H12O6. The zero-order valence-corrected chi connectivity index (χ0v) is 11.2. The van der Waals surface area contributed by atoms with Gasteiger partial charge in [-0.1, -0.05) is 18.2 Å². The zero-order valence-electron chi connectivity index (χ0n) is 11.2. The minimum Gasteiger partial charge on any atom is -0.463 e. The molecule has 0 unspecified atom stereocenters. The summed E-state index contributed by atoms with van der Waals surface area (Å²) in [5.74, 6) is -2.48. The van der Waals surface area contributed by atoms with Gasteiger partial charge in [0.2, 0.25) is 5.76 Å². The quantitative estimate of drug-likeness (QED) is 0.477. The second-order valence-corrected chi connectivity index (χ2v) is 3.95. The highest BCUT2D eigenvalue weighted by molar-refractivity contribution is 5.98. The molecule has 0 aliphatic carbocycles. The number of carbonyl (C=O) groups excluding carboxylic acids is 3. The van der Waals surface area contributed by atoms with Crippen molar-refractivity contribution < 1.29 is 28.6 Å². The molecule has 6 nitrogen and oxygen atoms in total. The van der Waals surface area contributed by atoms with Crippen molar-refractivity contribution in [3.63, 3.8) is 0 Å². The van der Waals surface area contributed by atoms with Crippen LogP contribution in [0.5, 0.6) is 0 Å². The van der Waals surface area contributed by atoms with Crippen molar-refractivity contribution in [1.82, 2.24) is 0 Å². The first kappa shape index (κ1) is 14.5. The molecule has 0 saturated heterocycles. The maximum absolute atomic E-state index is 11.8. The van der Waals surface area contributed by atoms with Crippen LogP contribution in [-0.2, 0) is 23.8 Å². The summed E-state index contributed by atoms with van der Waals surface area (Å²) in [5.41, 5.74) is 0.300. The van der Waals surface area contributed by atoms with Crippen molar-refractivity contribution in [3.05, 3.63) is 59.6 Å². The fourth-order valence-electron chi connectivity index (χ4n) is 1.55. The van der Waals surface area contributed by atoms with E-state index in [2.05, 4.69) is 4.74 Å². The number of hydrogen-bond acceptors (Lipinski definition) is 6. The van der Waals surface area contributed by atoms with Gasteiger partial charge in [-0.2, -0.15) is 0 Å². The van der Waals surface area contributed by atoms with E-state index in [1.165, 1.54) is 6.08 Å². The first-order valence-electron chi connectivity index (χ1n) is 6.19. The van der Waals surface area contributed by atoms with Crippen molar-refractivity contribution in [1.29, 1.82) is 0 Å².